The Kier molecular flexibility index (Phi) is 5.48. The Labute approximate surface area is 132 Å². The molecule has 0 spiro atoms. The van der Waals surface area contributed by atoms with Crippen molar-refractivity contribution in [1.29, 1.82) is 0 Å². The molecule has 0 aliphatic carbocycles. The number of hydrogen-bond donors (Lipinski definition) is 1. The summed E-state index contributed by atoms with van der Waals surface area (Å²) in [6, 6.07) is 3.78. The Bertz CT molecular complexity index is 636. The third-order valence-electron chi connectivity index (χ3n) is 3.12. The number of thioether (sulfide) groups is 1. The molecule has 1 aliphatic heterocycles. The highest BCUT2D eigenvalue weighted by Gasteiger charge is 2.30. The molecule has 0 bridgehead atoms. The first-order chi connectivity index (χ1) is 9.86. The van der Waals surface area contributed by atoms with E-state index >= 15 is 0 Å². The minimum absolute atomic E-state index is 0.434. The average Bonchev–Trinajstić information content (AvgIpc) is 2.83. The zero-order valence-corrected chi connectivity index (χ0v) is 14.0. The lowest BCUT2D eigenvalue weighted by atomic mass is 10.3. The van der Waals surface area contributed by atoms with E-state index in [1.54, 1.807) is 17.8 Å². The normalized spacial score (nSPS) is 20.9. The van der Waals surface area contributed by atoms with Gasteiger partial charge in [-0.25, -0.2) is 13.2 Å². The van der Waals surface area contributed by atoms with Crippen molar-refractivity contribution in [3.63, 3.8) is 0 Å². The van der Waals surface area contributed by atoms with E-state index in [-0.39, 0.29) is 0 Å². The van der Waals surface area contributed by atoms with Crippen LogP contribution in [0.3, 0.4) is 0 Å². The molecule has 1 N–H and O–H groups in total. The third-order valence-corrected chi connectivity index (χ3v) is 6.84. The molecule has 1 saturated heterocycles. The van der Waals surface area contributed by atoms with E-state index in [9.17, 15) is 13.2 Å². The Morgan fingerprint density at radius 3 is 2.95 bits per heavy atom. The van der Waals surface area contributed by atoms with Crippen LogP contribution in [0, 0.1) is 0 Å². The standard InChI is InChI=1S/C13H17NO4S3/c1-21(17,18)12-9-19-7-6-14(12)8-11-3-2-10(20-11)4-5-13(15)16/h2-5,12H,6-9H2,1H3,(H,15,16). The van der Waals surface area contributed by atoms with Gasteiger partial charge in [0.1, 0.15) is 5.37 Å². The van der Waals surface area contributed by atoms with Gasteiger partial charge in [-0.05, 0) is 18.2 Å². The summed E-state index contributed by atoms with van der Waals surface area (Å²) < 4.78 is 23.7. The molecule has 1 atom stereocenters. The molecule has 116 valence electrons. The fraction of sp³-hybridized carbons (Fsp3) is 0.462. The van der Waals surface area contributed by atoms with Gasteiger partial charge < -0.3 is 5.11 Å². The van der Waals surface area contributed by atoms with Crippen LogP contribution in [0.25, 0.3) is 6.08 Å². The lowest BCUT2D eigenvalue weighted by Crippen LogP contribution is -2.46. The fourth-order valence-electron chi connectivity index (χ4n) is 2.11. The summed E-state index contributed by atoms with van der Waals surface area (Å²) in [7, 11) is -3.09. The Morgan fingerprint density at radius 2 is 2.29 bits per heavy atom. The van der Waals surface area contributed by atoms with Crippen LogP contribution < -0.4 is 0 Å². The number of aliphatic carboxylic acids is 1. The molecular formula is C13H17NO4S3. The molecule has 0 amide bonds. The molecule has 1 aliphatic rings. The number of carboxylic acid groups (broad SMARTS) is 1. The maximum atomic E-state index is 11.8. The van der Waals surface area contributed by atoms with Gasteiger partial charge in [0.15, 0.2) is 9.84 Å². The van der Waals surface area contributed by atoms with Crippen molar-refractivity contribution in [3.05, 3.63) is 28.0 Å². The van der Waals surface area contributed by atoms with Gasteiger partial charge in [-0.3, -0.25) is 4.90 Å². The van der Waals surface area contributed by atoms with Crippen LogP contribution in [0.5, 0.6) is 0 Å². The van der Waals surface area contributed by atoms with Crippen LogP contribution >= 0.6 is 23.1 Å². The molecule has 2 rings (SSSR count). The highest BCUT2D eigenvalue weighted by Crippen LogP contribution is 2.25. The molecule has 0 radical (unpaired) electrons. The largest absolute Gasteiger partial charge is 0.478 e. The van der Waals surface area contributed by atoms with Gasteiger partial charge in [0.2, 0.25) is 0 Å². The number of carbonyl (C=O) groups is 1. The lowest BCUT2D eigenvalue weighted by molar-refractivity contribution is -0.131. The molecule has 1 aromatic heterocycles. The Balaban J connectivity index is 2.08. The second kappa shape index (κ2) is 6.95. The Morgan fingerprint density at radius 1 is 1.52 bits per heavy atom. The van der Waals surface area contributed by atoms with E-state index < -0.39 is 21.2 Å². The van der Waals surface area contributed by atoms with Crippen LogP contribution in [0.2, 0.25) is 0 Å². The second-order valence-corrected chi connectivity index (χ2v) is 9.36. The van der Waals surface area contributed by atoms with E-state index in [1.165, 1.54) is 17.6 Å². The summed E-state index contributed by atoms with van der Waals surface area (Å²) in [5.74, 6) is 0.564. The number of sulfone groups is 1. The molecule has 1 unspecified atom stereocenters. The third kappa shape index (κ3) is 4.84. The number of rotatable bonds is 5. The quantitative estimate of drug-likeness (QED) is 0.818. The van der Waals surface area contributed by atoms with Crippen molar-refractivity contribution in [3.8, 4) is 0 Å². The average molecular weight is 347 g/mol. The van der Waals surface area contributed by atoms with Gasteiger partial charge >= 0.3 is 5.97 Å². The molecule has 8 heteroatoms. The van der Waals surface area contributed by atoms with Crippen molar-refractivity contribution >= 4 is 45.0 Å². The number of thiophene rings is 1. The Hall–Kier alpha value is -0.830. The van der Waals surface area contributed by atoms with Crippen LogP contribution in [0.1, 0.15) is 9.75 Å². The summed E-state index contributed by atoms with van der Waals surface area (Å²) in [6.45, 7) is 1.34. The van der Waals surface area contributed by atoms with Crippen LogP contribution in [0.4, 0.5) is 0 Å². The van der Waals surface area contributed by atoms with E-state index in [1.807, 2.05) is 17.0 Å². The highest BCUT2D eigenvalue weighted by molar-refractivity contribution is 8.00. The molecule has 2 heterocycles. The van der Waals surface area contributed by atoms with Gasteiger partial charge in [0.25, 0.3) is 0 Å². The first-order valence-electron chi connectivity index (χ1n) is 6.36. The highest BCUT2D eigenvalue weighted by atomic mass is 32.2. The molecule has 0 aromatic carbocycles. The lowest BCUT2D eigenvalue weighted by Gasteiger charge is -2.33. The van der Waals surface area contributed by atoms with Gasteiger partial charge in [0, 0.05) is 46.7 Å². The first kappa shape index (κ1) is 16.5. The van der Waals surface area contributed by atoms with E-state index in [2.05, 4.69) is 0 Å². The number of hydrogen-bond acceptors (Lipinski definition) is 6. The maximum absolute atomic E-state index is 11.8. The van der Waals surface area contributed by atoms with Crippen molar-refractivity contribution in [2.75, 3.05) is 24.3 Å². The van der Waals surface area contributed by atoms with E-state index in [0.717, 1.165) is 28.1 Å². The van der Waals surface area contributed by atoms with Crippen molar-refractivity contribution in [2.45, 2.75) is 11.9 Å². The van der Waals surface area contributed by atoms with Gasteiger partial charge in [-0.2, -0.15) is 11.8 Å². The van der Waals surface area contributed by atoms with Crippen molar-refractivity contribution in [2.24, 2.45) is 0 Å². The first-order valence-corrected chi connectivity index (χ1v) is 10.3. The van der Waals surface area contributed by atoms with Crippen molar-refractivity contribution in [1.82, 2.24) is 4.90 Å². The van der Waals surface area contributed by atoms with Crippen molar-refractivity contribution < 1.29 is 18.3 Å². The van der Waals surface area contributed by atoms with Gasteiger partial charge in [-0.1, -0.05) is 0 Å². The topological polar surface area (TPSA) is 74.7 Å². The van der Waals surface area contributed by atoms with Crippen LogP contribution in [-0.4, -0.2) is 54.1 Å². The monoisotopic (exact) mass is 347 g/mol. The van der Waals surface area contributed by atoms with Gasteiger partial charge in [0.05, 0.1) is 0 Å². The molecule has 1 aromatic rings. The molecule has 0 saturated carbocycles. The fourth-order valence-corrected chi connectivity index (χ4v) is 6.00. The number of carboxylic acids is 1. The predicted octanol–water partition coefficient (Wildman–Crippen LogP) is 1.77. The molecule has 21 heavy (non-hydrogen) atoms. The SMILES string of the molecule is CS(=O)(=O)C1CSCCN1Cc1ccc(C=CC(=O)O)s1. The summed E-state index contributed by atoms with van der Waals surface area (Å²) in [5.41, 5.74) is 0. The zero-order chi connectivity index (χ0) is 15.5. The molecule has 5 nitrogen and oxygen atoms in total. The summed E-state index contributed by atoms with van der Waals surface area (Å²) >= 11 is 3.15. The summed E-state index contributed by atoms with van der Waals surface area (Å²) in [5, 5.41) is 8.17. The summed E-state index contributed by atoms with van der Waals surface area (Å²) in [4.78, 5) is 14.4. The van der Waals surface area contributed by atoms with Crippen LogP contribution in [0.15, 0.2) is 18.2 Å². The van der Waals surface area contributed by atoms with E-state index in [0.29, 0.717) is 12.3 Å². The number of nitrogens with zero attached hydrogens (tertiary/aromatic N) is 1. The van der Waals surface area contributed by atoms with E-state index in [4.69, 9.17) is 5.11 Å². The van der Waals surface area contributed by atoms with Gasteiger partial charge in [-0.15, -0.1) is 11.3 Å². The molecular weight excluding hydrogens is 330 g/mol. The zero-order valence-electron chi connectivity index (χ0n) is 11.6. The second-order valence-electron chi connectivity index (χ2n) is 4.81. The smallest absolute Gasteiger partial charge is 0.328 e. The minimum Gasteiger partial charge on any atom is -0.478 e. The maximum Gasteiger partial charge on any atom is 0.328 e. The van der Waals surface area contributed by atoms with Crippen LogP contribution in [-0.2, 0) is 21.2 Å². The molecule has 1 fully saturated rings. The summed E-state index contributed by atoms with van der Waals surface area (Å²) in [6.07, 6.45) is 3.94. The minimum atomic E-state index is -3.09. The predicted molar refractivity (Wildman–Crippen MR) is 87.4 cm³/mol.